The van der Waals surface area contributed by atoms with E-state index in [4.69, 9.17) is 9.47 Å². The predicted octanol–water partition coefficient (Wildman–Crippen LogP) is 1.34. The zero-order chi connectivity index (χ0) is 19.4. The maximum atomic E-state index is 12.2. The van der Waals surface area contributed by atoms with Crippen LogP contribution < -0.4 is 35.9 Å². The normalized spacial score (nSPS) is 13.6. The van der Waals surface area contributed by atoms with E-state index in [1.54, 1.807) is 25.3 Å². The Kier molecular flexibility index (Phi) is 5.63. The number of carbonyl (C=O) groups is 1. The molecule has 1 fully saturated rings. The molecule has 1 saturated heterocycles. The van der Waals surface area contributed by atoms with Gasteiger partial charge in [-0.15, -0.1) is 0 Å². The Labute approximate surface area is 156 Å². The number of methoxy groups -OCH3 is 2. The summed E-state index contributed by atoms with van der Waals surface area (Å²) in [5, 5.41) is 5.71. The van der Waals surface area contributed by atoms with Crippen LogP contribution in [0, 0.1) is 0 Å². The molecule has 8 nitrogen and oxygen atoms in total. The number of benzene rings is 1. The van der Waals surface area contributed by atoms with Gasteiger partial charge in [-0.05, 0) is 25.0 Å². The molecule has 2 aromatic carbocycles. The maximum Gasteiger partial charge on any atom is 0.253 e. The van der Waals surface area contributed by atoms with Crippen molar-refractivity contribution in [2.45, 2.75) is 19.3 Å². The summed E-state index contributed by atoms with van der Waals surface area (Å²) in [5.41, 5.74) is 0.353. The number of rotatable bonds is 8. The third kappa shape index (κ3) is 3.89. The number of ether oxygens (including phenoxy) is 2. The maximum absolute atomic E-state index is 12.2. The average Bonchev–Trinajstić information content (AvgIpc) is 3.20. The molecule has 1 heterocycles. The second kappa shape index (κ2) is 8.11. The van der Waals surface area contributed by atoms with Gasteiger partial charge in [-0.2, -0.15) is 0 Å². The topological polar surface area (TPSA) is 97.0 Å². The summed E-state index contributed by atoms with van der Waals surface area (Å²) in [6.07, 6.45) is 2.17. The molecule has 1 aliphatic rings. The van der Waals surface area contributed by atoms with Gasteiger partial charge < -0.3 is 25.0 Å². The van der Waals surface area contributed by atoms with Crippen LogP contribution in [0.5, 0.6) is 11.5 Å². The van der Waals surface area contributed by atoms with Gasteiger partial charge in [0, 0.05) is 32.1 Å². The molecule has 2 N–H and O–H groups in total. The van der Waals surface area contributed by atoms with Crippen molar-refractivity contribution in [3.63, 3.8) is 0 Å². The molecule has 0 unspecified atom stereocenters. The molecule has 0 atom stereocenters. The predicted molar refractivity (Wildman–Crippen MR) is 104 cm³/mol. The second-order valence-electron chi connectivity index (χ2n) is 6.37. The highest BCUT2D eigenvalue weighted by Crippen LogP contribution is 2.29. The minimum atomic E-state index is -0.508. The fourth-order valence-electron chi connectivity index (χ4n) is 3.21. The number of amides is 1. The Bertz CT molecular complexity index is 895. The summed E-state index contributed by atoms with van der Waals surface area (Å²) in [5.74, 6) is 0.884. The minimum absolute atomic E-state index is 0.138. The van der Waals surface area contributed by atoms with Crippen molar-refractivity contribution >= 4 is 23.0 Å². The molecule has 0 aliphatic carbocycles. The van der Waals surface area contributed by atoms with E-state index in [2.05, 4.69) is 10.6 Å². The molecule has 2 aromatic rings. The Hall–Kier alpha value is -3.03. The Morgan fingerprint density at radius 2 is 1.85 bits per heavy atom. The highest BCUT2D eigenvalue weighted by atomic mass is 16.5. The van der Waals surface area contributed by atoms with Crippen LogP contribution in [0.3, 0.4) is 0 Å². The first-order valence-corrected chi connectivity index (χ1v) is 8.89. The lowest BCUT2D eigenvalue weighted by Gasteiger charge is -2.22. The molecule has 0 spiro atoms. The average molecular weight is 373 g/mol. The number of nitrogens with zero attached hydrogens (tertiary/aromatic N) is 1. The van der Waals surface area contributed by atoms with Crippen LogP contribution in [0.2, 0.25) is 0 Å². The molecular formula is C19H23N3O5. The number of nitrogens with one attached hydrogen (secondary N) is 2. The third-order valence-corrected chi connectivity index (χ3v) is 4.64. The number of anilines is 3. The molecule has 1 aliphatic heterocycles. The Morgan fingerprint density at radius 3 is 2.52 bits per heavy atom. The van der Waals surface area contributed by atoms with E-state index in [-0.39, 0.29) is 18.9 Å². The molecule has 8 heteroatoms. The highest BCUT2D eigenvalue weighted by molar-refractivity contribution is 5.93. The van der Waals surface area contributed by atoms with Gasteiger partial charge in [-0.25, -0.2) is 0 Å². The standard InChI is InChI=1S/C19H23N3O5/c1-26-12-5-6-14(27-2)13(11-12)21-15(23)7-8-20-16-17(19(25)18(16)24)22-9-3-4-10-22/h5-6,11,20H,3-4,7-10H2,1-2H3,(H,21,23). The van der Waals surface area contributed by atoms with Gasteiger partial charge in [-0.3, -0.25) is 14.4 Å². The van der Waals surface area contributed by atoms with Crippen LogP contribution in [0.4, 0.5) is 17.1 Å². The summed E-state index contributed by atoms with van der Waals surface area (Å²) in [4.78, 5) is 37.8. The van der Waals surface area contributed by atoms with E-state index < -0.39 is 10.9 Å². The van der Waals surface area contributed by atoms with Gasteiger partial charge >= 0.3 is 0 Å². The first-order valence-electron chi connectivity index (χ1n) is 8.89. The zero-order valence-electron chi connectivity index (χ0n) is 15.5. The molecular weight excluding hydrogens is 350 g/mol. The summed E-state index contributed by atoms with van der Waals surface area (Å²) in [7, 11) is 3.06. The number of hydrogen-bond donors (Lipinski definition) is 2. The van der Waals surface area contributed by atoms with Crippen molar-refractivity contribution in [1.82, 2.24) is 0 Å². The van der Waals surface area contributed by atoms with E-state index in [0.717, 1.165) is 25.9 Å². The largest absolute Gasteiger partial charge is 0.497 e. The quantitative estimate of drug-likeness (QED) is 0.674. The smallest absolute Gasteiger partial charge is 0.253 e. The number of hydrogen-bond acceptors (Lipinski definition) is 7. The van der Waals surface area contributed by atoms with E-state index >= 15 is 0 Å². The van der Waals surface area contributed by atoms with Crippen LogP contribution in [-0.2, 0) is 4.79 Å². The van der Waals surface area contributed by atoms with Gasteiger partial charge in [0.25, 0.3) is 10.9 Å². The SMILES string of the molecule is COc1ccc(OC)c(NC(=O)CCNc2c(N3CCCC3)c(=O)c2=O)c1. The number of carbonyl (C=O) groups excluding carboxylic acids is 1. The molecule has 0 aromatic heterocycles. The van der Waals surface area contributed by atoms with Crippen molar-refractivity contribution in [1.29, 1.82) is 0 Å². The van der Waals surface area contributed by atoms with Crippen molar-refractivity contribution in [3.05, 3.63) is 38.6 Å². The molecule has 1 amide bonds. The molecule has 0 bridgehead atoms. The monoisotopic (exact) mass is 373 g/mol. The van der Waals surface area contributed by atoms with Gasteiger partial charge in [0.05, 0.1) is 19.9 Å². The molecule has 0 radical (unpaired) electrons. The summed E-state index contributed by atoms with van der Waals surface area (Å²) >= 11 is 0. The van der Waals surface area contributed by atoms with E-state index in [1.165, 1.54) is 7.11 Å². The van der Waals surface area contributed by atoms with Gasteiger partial charge in [0.1, 0.15) is 22.9 Å². The van der Waals surface area contributed by atoms with E-state index in [9.17, 15) is 14.4 Å². The molecule has 0 saturated carbocycles. The van der Waals surface area contributed by atoms with Crippen LogP contribution in [-0.4, -0.2) is 39.8 Å². The van der Waals surface area contributed by atoms with Gasteiger partial charge in [-0.1, -0.05) is 0 Å². The zero-order valence-corrected chi connectivity index (χ0v) is 15.5. The van der Waals surface area contributed by atoms with E-state index in [1.807, 2.05) is 4.90 Å². The van der Waals surface area contributed by atoms with Gasteiger partial charge in [0.2, 0.25) is 5.91 Å². The van der Waals surface area contributed by atoms with Crippen molar-refractivity contribution in [2.24, 2.45) is 0 Å². The van der Waals surface area contributed by atoms with Crippen LogP contribution >= 0.6 is 0 Å². The van der Waals surface area contributed by atoms with Gasteiger partial charge in [0.15, 0.2) is 0 Å². The fraction of sp³-hybridized carbons (Fsp3) is 0.421. The molecule has 3 rings (SSSR count). The van der Waals surface area contributed by atoms with E-state index in [0.29, 0.717) is 28.6 Å². The summed E-state index contributed by atoms with van der Waals surface area (Å²) in [6.45, 7) is 1.83. The first kappa shape index (κ1) is 18.8. The highest BCUT2D eigenvalue weighted by Gasteiger charge is 2.27. The lowest BCUT2D eigenvalue weighted by atomic mass is 10.1. The van der Waals surface area contributed by atoms with Crippen molar-refractivity contribution in [2.75, 3.05) is 49.4 Å². The first-order chi connectivity index (χ1) is 13.0. The minimum Gasteiger partial charge on any atom is -0.497 e. The fourth-order valence-corrected chi connectivity index (χ4v) is 3.21. The Balaban J connectivity index is 1.57. The van der Waals surface area contributed by atoms with Crippen molar-refractivity contribution < 1.29 is 14.3 Å². The lowest BCUT2D eigenvalue weighted by molar-refractivity contribution is -0.116. The van der Waals surface area contributed by atoms with Crippen LogP contribution in [0.15, 0.2) is 27.8 Å². The molecule has 27 heavy (non-hydrogen) atoms. The van der Waals surface area contributed by atoms with Crippen LogP contribution in [0.1, 0.15) is 19.3 Å². The third-order valence-electron chi connectivity index (χ3n) is 4.64. The second-order valence-corrected chi connectivity index (χ2v) is 6.37. The summed E-state index contributed by atoms with van der Waals surface area (Å²) < 4.78 is 10.4. The molecule has 144 valence electrons. The summed E-state index contributed by atoms with van der Waals surface area (Å²) in [6, 6.07) is 5.12. The van der Waals surface area contributed by atoms with Crippen molar-refractivity contribution in [3.8, 4) is 11.5 Å². The Morgan fingerprint density at radius 1 is 1.11 bits per heavy atom. The van der Waals surface area contributed by atoms with Crippen LogP contribution in [0.25, 0.3) is 0 Å². The lowest BCUT2D eigenvalue weighted by Crippen LogP contribution is -2.42.